The molecule has 2 aliphatic heterocycles. The molecule has 2 aromatic rings. The van der Waals surface area contributed by atoms with Crippen LogP contribution in [0.15, 0.2) is 65.8 Å². The van der Waals surface area contributed by atoms with Gasteiger partial charge in [-0.05, 0) is 96.1 Å². The Morgan fingerprint density at radius 1 is 0.974 bits per heavy atom. The number of hydrogen-bond acceptors (Lipinski definition) is 2. The molecule has 3 fully saturated rings. The summed E-state index contributed by atoms with van der Waals surface area (Å²) >= 11 is 0. The fraction of sp³-hybridized carbons (Fsp3) is 0.600. The van der Waals surface area contributed by atoms with Gasteiger partial charge >= 0.3 is 0 Å². The highest BCUT2D eigenvalue weighted by atomic mass is 16.6. The molecule has 5 aliphatic rings. The van der Waals surface area contributed by atoms with Crippen molar-refractivity contribution in [1.29, 1.82) is 0 Å². The molecule has 7 rings (SSSR count). The Bertz CT molecular complexity index is 1300. The van der Waals surface area contributed by atoms with Crippen LogP contribution in [-0.2, 0) is 4.74 Å². The van der Waals surface area contributed by atoms with E-state index >= 15 is 0 Å². The lowest BCUT2D eigenvalue weighted by Crippen LogP contribution is -2.59. The molecule has 0 aromatic heterocycles. The van der Waals surface area contributed by atoms with Crippen molar-refractivity contribution >= 4 is 10.8 Å². The third-order valence-corrected chi connectivity index (χ3v) is 11.7. The number of benzene rings is 2. The molecule has 0 radical (unpaired) electrons. The average molecular weight is 512 g/mol. The first-order chi connectivity index (χ1) is 18.4. The molecule has 202 valence electrons. The maximum absolute atomic E-state index is 14.1. The number of rotatable bonds is 6. The van der Waals surface area contributed by atoms with Gasteiger partial charge in [0.2, 0.25) is 0 Å². The summed E-state index contributed by atoms with van der Waals surface area (Å²) in [7, 11) is 0. The Hall–Kier alpha value is -1.94. The van der Waals surface area contributed by atoms with Gasteiger partial charge in [-0.3, -0.25) is 0 Å². The normalized spacial score (nSPS) is 37.8. The van der Waals surface area contributed by atoms with Crippen molar-refractivity contribution in [2.45, 2.75) is 108 Å². The molecule has 2 bridgehead atoms. The Balaban J connectivity index is 1.22. The van der Waals surface area contributed by atoms with E-state index < -0.39 is 0 Å². The Morgan fingerprint density at radius 3 is 2.55 bits per heavy atom. The molecule has 1 saturated heterocycles. The van der Waals surface area contributed by atoms with Crippen LogP contribution in [-0.4, -0.2) is 35.0 Å². The molecule has 38 heavy (non-hydrogen) atoms. The predicted octanol–water partition coefficient (Wildman–Crippen LogP) is 8.58. The van der Waals surface area contributed by atoms with Gasteiger partial charge in [-0.15, -0.1) is 0 Å². The van der Waals surface area contributed by atoms with Crippen molar-refractivity contribution < 1.29 is 9.38 Å². The number of quaternary nitrogens is 1. The average Bonchev–Trinajstić information content (AvgIpc) is 3.43. The van der Waals surface area contributed by atoms with Crippen molar-refractivity contribution in [3.63, 3.8) is 0 Å². The van der Waals surface area contributed by atoms with E-state index in [0.29, 0.717) is 11.8 Å². The minimum absolute atomic E-state index is 0.00767. The van der Waals surface area contributed by atoms with Gasteiger partial charge in [-0.25, -0.2) is 0 Å². The molecule has 2 saturated carbocycles. The number of allylic oxidation sites excluding steroid dienone is 1. The van der Waals surface area contributed by atoms with Crippen molar-refractivity contribution in [1.82, 2.24) is 0 Å². The molecule has 3 nitrogen and oxygen atoms in total. The van der Waals surface area contributed by atoms with Gasteiger partial charge in [0.05, 0.1) is 30.3 Å². The molecule has 3 aliphatic carbocycles. The lowest BCUT2D eigenvalue weighted by atomic mass is 9.58. The molecule has 2 aromatic carbocycles. The van der Waals surface area contributed by atoms with Crippen molar-refractivity contribution in [3.8, 4) is 0 Å². The maximum atomic E-state index is 14.1. The van der Waals surface area contributed by atoms with Crippen molar-refractivity contribution in [2.24, 2.45) is 11.3 Å². The number of ether oxygens (including phenoxy) is 1. The second-order valence-electron chi connectivity index (χ2n) is 13.6. The van der Waals surface area contributed by atoms with Crippen LogP contribution in [0.2, 0.25) is 0 Å². The van der Waals surface area contributed by atoms with Gasteiger partial charge < -0.3 is 14.6 Å². The Labute approximate surface area is 229 Å². The van der Waals surface area contributed by atoms with Gasteiger partial charge in [-0.1, -0.05) is 75.4 Å². The third kappa shape index (κ3) is 3.44. The highest BCUT2D eigenvalue weighted by Crippen LogP contribution is 2.69. The lowest BCUT2D eigenvalue weighted by Gasteiger charge is -2.57. The molecular weight excluding hydrogens is 466 g/mol. The van der Waals surface area contributed by atoms with Crippen molar-refractivity contribution in [2.75, 3.05) is 13.1 Å². The number of hydroxylamine groups is 3. The summed E-state index contributed by atoms with van der Waals surface area (Å²) in [6.07, 6.45) is 15.9. The summed E-state index contributed by atoms with van der Waals surface area (Å²) in [4.78, 5) is 0. The van der Waals surface area contributed by atoms with E-state index in [9.17, 15) is 5.21 Å². The quantitative estimate of drug-likeness (QED) is 0.287. The van der Waals surface area contributed by atoms with Gasteiger partial charge in [0.1, 0.15) is 0 Å². The zero-order valence-corrected chi connectivity index (χ0v) is 23.7. The van der Waals surface area contributed by atoms with Crippen LogP contribution in [0, 0.1) is 16.5 Å². The van der Waals surface area contributed by atoms with E-state index in [0.717, 1.165) is 64.5 Å². The van der Waals surface area contributed by atoms with E-state index in [4.69, 9.17) is 4.74 Å². The second-order valence-corrected chi connectivity index (χ2v) is 13.6. The zero-order valence-electron chi connectivity index (χ0n) is 23.7. The highest BCUT2D eigenvalue weighted by Gasteiger charge is 2.67. The summed E-state index contributed by atoms with van der Waals surface area (Å²) in [5.41, 5.74) is 4.34. The van der Waals surface area contributed by atoms with Crippen LogP contribution in [0.1, 0.15) is 96.5 Å². The standard InChI is InChI=1S/C35H45NO2/c1-4-20-36(37,21-5-2)30-13-12-28-23-29-16-17-33(3)31(27-11-10-25-8-6-7-9-26(25)22-27)14-15-32(33)35(29)19-18-34(28,24-30)38-35/h6-11,16,22-23,30-32H,4-5,12-15,17-21,24H2,1-3H3/t30-,31-,32-,33-,34-,35?/m1/s1. The number of fused-ring (bicyclic) bond motifs is 2. The van der Waals surface area contributed by atoms with Gasteiger partial charge in [0.25, 0.3) is 0 Å². The number of hydrogen-bond donors (Lipinski definition) is 0. The smallest absolute Gasteiger partial charge is 0.0975 e. The Kier molecular flexibility index (Phi) is 5.79. The molecule has 1 unspecified atom stereocenters. The topological polar surface area (TPSA) is 32.3 Å². The molecule has 0 N–H and O–H groups in total. The summed E-state index contributed by atoms with van der Waals surface area (Å²) < 4.78 is 7.50. The Morgan fingerprint density at radius 2 is 1.76 bits per heavy atom. The molecule has 6 atom stereocenters. The fourth-order valence-corrected chi connectivity index (χ4v) is 9.99. The molecule has 2 spiro atoms. The number of nitrogens with zero attached hydrogens (tertiary/aromatic N) is 1. The van der Waals surface area contributed by atoms with E-state index in [1.165, 1.54) is 40.3 Å². The third-order valence-electron chi connectivity index (χ3n) is 11.7. The van der Waals surface area contributed by atoms with Gasteiger partial charge in [0.15, 0.2) is 0 Å². The predicted molar refractivity (Wildman–Crippen MR) is 156 cm³/mol. The summed E-state index contributed by atoms with van der Waals surface area (Å²) in [6, 6.07) is 16.1. The van der Waals surface area contributed by atoms with Crippen LogP contribution in [0.25, 0.3) is 10.8 Å². The molecule has 2 heterocycles. The molecule has 0 amide bonds. The summed E-state index contributed by atoms with van der Waals surface area (Å²) in [5, 5.41) is 16.7. The van der Waals surface area contributed by atoms with Gasteiger partial charge in [0, 0.05) is 12.8 Å². The monoisotopic (exact) mass is 511 g/mol. The van der Waals surface area contributed by atoms with E-state index in [1.807, 2.05) is 0 Å². The first-order valence-corrected chi connectivity index (χ1v) is 15.5. The van der Waals surface area contributed by atoms with Crippen LogP contribution in [0.4, 0.5) is 0 Å². The van der Waals surface area contributed by atoms with Gasteiger partial charge in [-0.2, -0.15) is 0 Å². The molecular formula is C35H45NO2. The van der Waals surface area contributed by atoms with E-state index in [1.54, 1.807) is 0 Å². The first kappa shape index (κ1) is 25.1. The van der Waals surface area contributed by atoms with Crippen LogP contribution >= 0.6 is 0 Å². The lowest BCUT2D eigenvalue weighted by molar-refractivity contribution is -0.907. The van der Waals surface area contributed by atoms with Crippen molar-refractivity contribution in [3.05, 3.63) is 76.5 Å². The SMILES string of the molecule is CCC[N+]([O-])(CCC)[C@@H]1CCC2=CC3=CC[C@]4(C)[C@@H](c5ccc6ccccc6c5)CC[C@H]4C34CC[C@]2(C1)O4. The minimum atomic E-state index is -0.199. The van der Waals surface area contributed by atoms with Crippen LogP contribution in [0.3, 0.4) is 0 Å². The molecule has 3 heteroatoms. The van der Waals surface area contributed by atoms with Crippen LogP contribution < -0.4 is 0 Å². The highest BCUT2D eigenvalue weighted by molar-refractivity contribution is 5.83. The largest absolute Gasteiger partial charge is 0.633 e. The summed E-state index contributed by atoms with van der Waals surface area (Å²) in [5.74, 6) is 1.11. The van der Waals surface area contributed by atoms with Crippen LogP contribution in [0.5, 0.6) is 0 Å². The minimum Gasteiger partial charge on any atom is -0.633 e. The second kappa shape index (κ2) is 8.78. The fourth-order valence-electron chi connectivity index (χ4n) is 9.99. The van der Waals surface area contributed by atoms with E-state index in [2.05, 4.69) is 75.4 Å². The van der Waals surface area contributed by atoms with E-state index in [-0.39, 0.29) is 27.3 Å². The maximum Gasteiger partial charge on any atom is 0.0975 e. The first-order valence-electron chi connectivity index (χ1n) is 15.5. The summed E-state index contributed by atoms with van der Waals surface area (Å²) in [6.45, 7) is 8.39. The zero-order chi connectivity index (χ0) is 26.2.